The lowest BCUT2D eigenvalue weighted by molar-refractivity contribution is 0.548. The normalized spacial score (nSPS) is 12.7. The van der Waals surface area contributed by atoms with E-state index < -0.39 is 0 Å². The minimum Gasteiger partial charge on any atom is -0.363 e. The predicted molar refractivity (Wildman–Crippen MR) is 66.4 cm³/mol. The molecule has 0 amide bonds. The highest BCUT2D eigenvalue weighted by molar-refractivity contribution is 5.98. The molecule has 0 radical (unpaired) electrons. The van der Waals surface area contributed by atoms with Crippen molar-refractivity contribution in [3.8, 4) is 0 Å². The number of rotatable bonds is 1. The van der Waals surface area contributed by atoms with E-state index in [1.165, 1.54) is 0 Å². The zero-order valence-electron chi connectivity index (χ0n) is 10.3. The lowest BCUT2D eigenvalue weighted by Crippen LogP contribution is -2.27. The first kappa shape index (κ1) is 11.8. The van der Waals surface area contributed by atoms with Crippen molar-refractivity contribution < 1.29 is 0 Å². The number of hydrogen-bond acceptors (Lipinski definition) is 1. The molecule has 1 rings (SSSR count). The highest BCUT2D eigenvalue weighted by Crippen LogP contribution is 2.12. The Kier molecular flexibility index (Phi) is 3.51. The molecule has 0 spiro atoms. The van der Waals surface area contributed by atoms with Gasteiger partial charge in [0, 0.05) is 19.7 Å². The summed E-state index contributed by atoms with van der Waals surface area (Å²) in [7, 11) is 4.05. The second-order valence-corrected chi connectivity index (χ2v) is 4.87. The van der Waals surface area contributed by atoms with E-state index in [2.05, 4.69) is 37.8 Å². The molecule has 0 N–H and O–H groups in total. The molecule has 15 heavy (non-hydrogen) atoms. The van der Waals surface area contributed by atoms with Crippen molar-refractivity contribution in [2.45, 2.75) is 26.3 Å². The second kappa shape index (κ2) is 4.47. The van der Waals surface area contributed by atoms with Crippen molar-refractivity contribution in [3.05, 3.63) is 35.9 Å². The summed E-state index contributed by atoms with van der Waals surface area (Å²) in [4.78, 5) is 6.78. The molecule has 2 nitrogen and oxygen atoms in total. The Labute approximate surface area is 92.6 Å². The Morgan fingerprint density at radius 3 is 2.00 bits per heavy atom. The minimum atomic E-state index is -0.0462. The second-order valence-electron chi connectivity index (χ2n) is 4.87. The Hall–Kier alpha value is -1.31. The molecule has 0 heterocycles. The van der Waals surface area contributed by atoms with E-state index in [0.717, 1.165) is 11.4 Å². The summed E-state index contributed by atoms with van der Waals surface area (Å²) in [5, 5.41) is 0. The standard InChI is InChI=1S/C13H20N2/c1-13(2,3)14-12(15(4)5)11-9-7-6-8-10-11/h6-10H,1-5H3/b14-12+. The first-order chi connectivity index (χ1) is 6.90. The van der Waals surface area contributed by atoms with Gasteiger partial charge in [-0.05, 0) is 20.8 Å². The van der Waals surface area contributed by atoms with Gasteiger partial charge in [0.1, 0.15) is 5.84 Å². The third-order valence-electron chi connectivity index (χ3n) is 1.90. The Bertz CT molecular complexity index is 331. The van der Waals surface area contributed by atoms with Crippen LogP contribution in [-0.4, -0.2) is 30.4 Å². The summed E-state index contributed by atoms with van der Waals surface area (Å²) >= 11 is 0. The fraction of sp³-hybridized carbons (Fsp3) is 0.462. The molecular formula is C13H20N2. The van der Waals surface area contributed by atoms with Gasteiger partial charge in [-0.2, -0.15) is 0 Å². The van der Waals surface area contributed by atoms with Gasteiger partial charge in [0.2, 0.25) is 0 Å². The van der Waals surface area contributed by atoms with Crippen LogP contribution >= 0.6 is 0 Å². The van der Waals surface area contributed by atoms with Gasteiger partial charge >= 0.3 is 0 Å². The van der Waals surface area contributed by atoms with Crippen molar-refractivity contribution >= 4 is 5.84 Å². The predicted octanol–water partition coefficient (Wildman–Crippen LogP) is 2.79. The molecule has 0 bridgehead atoms. The number of benzene rings is 1. The number of aliphatic imine (C=N–C) groups is 1. The van der Waals surface area contributed by atoms with Gasteiger partial charge in [0.15, 0.2) is 0 Å². The molecule has 0 aliphatic carbocycles. The molecule has 0 saturated carbocycles. The van der Waals surface area contributed by atoms with E-state index in [0.29, 0.717) is 0 Å². The maximum Gasteiger partial charge on any atom is 0.130 e. The molecule has 2 heteroatoms. The van der Waals surface area contributed by atoms with Crippen molar-refractivity contribution in [2.24, 2.45) is 4.99 Å². The largest absolute Gasteiger partial charge is 0.363 e. The maximum absolute atomic E-state index is 4.72. The topological polar surface area (TPSA) is 15.6 Å². The quantitative estimate of drug-likeness (QED) is 0.507. The summed E-state index contributed by atoms with van der Waals surface area (Å²) in [6.07, 6.45) is 0. The molecule has 0 fully saturated rings. The van der Waals surface area contributed by atoms with Crippen LogP contribution in [0.2, 0.25) is 0 Å². The summed E-state index contributed by atoms with van der Waals surface area (Å²) in [6, 6.07) is 10.3. The Morgan fingerprint density at radius 1 is 1.07 bits per heavy atom. The molecule has 0 atom stereocenters. The minimum absolute atomic E-state index is 0.0462. The van der Waals surface area contributed by atoms with Gasteiger partial charge in [-0.3, -0.25) is 4.99 Å². The number of nitrogens with zero attached hydrogens (tertiary/aromatic N) is 2. The summed E-state index contributed by atoms with van der Waals surface area (Å²) in [5.74, 6) is 1.03. The van der Waals surface area contributed by atoms with Crippen LogP contribution in [0.25, 0.3) is 0 Å². The van der Waals surface area contributed by atoms with Crippen LogP contribution in [0.3, 0.4) is 0 Å². The highest BCUT2D eigenvalue weighted by atomic mass is 15.1. The van der Waals surface area contributed by atoms with Gasteiger partial charge in [0.25, 0.3) is 0 Å². The molecule has 0 aliphatic rings. The molecule has 0 unspecified atom stereocenters. The summed E-state index contributed by atoms with van der Waals surface area (Å²) in [5.41, 5.74) is 1.12. The SMILES string of the molecule is CN(C)/C(=N/C(C)(C)C)c1ccccc1. The van der Waals surface area contributed by atoms with Gasteiger partial charge in [-0.1, -0.05) is 30.3 Å². The van der Waals surface area contributed by atoms with Gasteiger partial charge in [0.05, 0.1) is 5.54 Å². The molecule has 0 aromatic heterocycles. The van der Waals surface area contributed by atoms with Gasteiger partial charge in [-0.15, -0.1) is 0 Å². The van der Waals surface area contributed by atoms with Gasteiger partial charge in [-0.25, -0.2) is 0 Å². The lowest BCUT2D eigenvalue weighted by Gasteiger charge is -2.21. The number of hydrogen-bond donors (Lipinski definition) is 0. The van der Waals surface area contributed by atoms with Crippen molar-refractivity contribution in [3.63, 3.8) is 0 Å². The van der Waals surface area contributed by atoms with Crippen LogP contribution in [-0.2, 0) is 0 Å². The molecule has 1 aromatic carbocycles. The van der Waals surface area contributed by atoms with E-state index in [1.54, 1.807) is 0 Å². The van der Waals surface area contributed by atoms with Crippen LogP contribution in [0.1, 0.15) is 26.3 Å². The fourth-order valence-corrected chi connectivity index (χ4v) is 1.33. The Balaban J connectivity index is 3.10. The third-order valence-corrected chi connectivity index (χ3v) is 1.90. The summed E-state index contributed by atoms with van der Waals surface area (Å²) < 4.78 is 0. The highest BCUT2D eigenvalue weighted by Gasteiger charge is 2.12. The average Bonchev–Trinajstić information content (AvgIpc) is 2.14. The van der Waals surface area contributed by atoms with Gasteiger partial charge < -0.3 is 4.90 Å². The third kappa shape index (κ3) is 3.74. The molecule has 1 aromatic rings. The molecular weight excluding hydrogens is 184 g/mol. The van der Waals surface area contributed by atoms with Crippen LogP contribution < -0.4 is 0 Å². The monoisotopic (exact) mass is 204 g/mol. The van der Waals surface area contributed by atoms with E-state index in [1.807, 2.05) is 32.3 Å². The molecule has 82 valence electrons. The van der Waals surface area contributed by atoms with Crippen LogP contribution in [0, 0.1) is 0 Å². The smallest absolute Gasteiger partial charge is 0.130 e. The van der Waals surface area contributed by atoms with E-state index >= 15 is 0 Å². The van der Waals surface area contributed by atoms with E-state index in [-0.39, 0.29) is 5.54 Å². The van der Waals surface area contributed by atoms with Crippen molar-refractivity contribution in [1.82, 2.24) is 4.90 Å². The first-order valence-corrected chi connectivity index (χ1v) is 5.23. The lowest BCUT2D eigenvalue weighted by atomic mass is 10.1. The average molecular weight is 204 g/mol. The van der Waals surface area contributed by atoms with Crippen molar-refractivity contribution in [2.75, 3.05) is 14.1 Å². The van der Waals surface area contributed by atoms with Crippen LogP contribution in [0.15, 0.2) is 35.3 Å². The van der Waals surface area contributed by atoms with E-state index in [4.69, 9.17) is 4.99 Å². The molecule has 0 aliphatic heterocycles. The Morgan fingerprint density at radius 2 is 1.60 bits per heavy atom. The van der Waals surface area contributed by atoms with E-state index in [9.17, 15) is 0 Å². The zero-order chi connectivity index (χ0) is 11.5. The van der Waals surface area contributed by atoms with Crippen LogP contribution in [0.4, 0.5) is 0 Å². The zero-order valence-corrected chi connectivity index (χ0v) is 10.3. The maximum atomic E-state index is 4.72. The molecule has 0 saturated heterocycles. The first-order valence-electron chi connectivity index (χ1n) is 5.23. The van der Waals surface area contributed by atoms with Crippen LogP contribution in [0.5, 0.6) is 0 Å². The number of amidine groups is 1. The summed E-state index contributed by atoms with van der Waals surface area (Å²) in [6.45, 7) is 6.33. The van der Waals surface area contributed by atoms with Crippen molar-refractivity contribution in [1.29, 1.82) is 0 Å². The fourth-order valence-electron chi connectivity index (χ4n) is 1.33.